The summed E-state index contributed by atoms with van der Waals surface area (Å²) in [7, 11) is 0. The van der Waals surface area contributed by atoms with Gasteiger partial charge in [0.1, 0.15) is 11.5 Å². The lowest BCUT2D eigenvalue weighted by Gasteiger charge is -2.04. The molecule has 130 valence electrons. The molecule has 1 aliphatic heterocycles. The Balaban J connectivity index is 1.58. The Morgan fingerprint density at radius 3 is 2.77 bits per heavy atom. The summed E-state index contributed by atoms with van der Waals surface area (Å²) >= 11 is 0. The van der Waals surface area contributed by atoms with Gasteiger partial charge in [0.2, 0.25) is 5.78 Å². The van der Waals surface area contributed by atoms with Gasteiger partial charge in [-0.05, 0) is 36.6 Å². The van der Waals surface area contributed by atoms with Gasteiger partial charge in [-0.3, -0.25) is 19.7 Å². The highest BCUT2D eigenvalue weighted by molar-refractivity contribution is 6.14. The number of benzene rings is 2. The smallest absolute Gasteiger partial charge is 0.314 e. The largest absolute Gasteiger partial charge is 0.452 e. The number of non-ortho nitro benzene ring substituents is 1. The Kier molecular flexibility index (Phi) is 3.76. The van der Waals surface area contributed by atoms with Crippen molar-refractivity contribution in [2.45, 2.75) is 12.8 Å². The van der Waals surface area contributed by atoms with Gasteiger partial charge in [0.25, 0.3) is 5.69 Å². The number of Topliss-reactive ketones (excluding diaryl/α,β-unsaturated/α-hetero) is 1. The molecule has 0 amide bonds. The summed E-state index contributed by atoms with van der Waals surface area (Å²) in [4.78, 5) is 34.5. The number of esters is 1. The number of nitro benzene ring substituents is 1. The molecule has 0 aromatic heterocycles. The van der Waals surface area contributed by atoms with Crippen molar-refractivity contribution in [2.24, 2.45) is 5.92 Å². The Morgan fingerprint density at radius 1 is 1.23 bits per heavy atom. The lowest BCUT2D eigenvalue weighted by Crippen LogP contribution is -2.09. The van der Waals surface area contributed by atoms with E-state index in [9.17, 15) is 19.7 Å². The lowest BCUT2D eigenvalue weighted by atomic mass is 10.1. The van der Waals surface area contributed by atoms with Gasteiger partial charge >= 0.3 is 5.97 Å². The summed E-state index contributed by atoms with van der Waals surface area (Å²) in [5.41, 5.74) is 0.764. The van der Waals surface area contributed by atoms with Crippen LogP contribution < -0.4 is 9.47 Å². The molecule has 1 aliphatic carbocycles. The van der Waals surface area contributed by atoms with Crippen LogP contribution in [0.25, 0.3) is 6.08 Å². The third kappa shape index (κ3) is 3.06. The third-order valence-electron chi connectivity index (χ3n) is 4.15. The summed E-state index contributed by atoms with van der Waals surface area (Å²) in [6, 6.07) is 10.5. The SMILES string of the molecule is O=C1/C(=C\c2cccc([N+](=O)[O-])c2)Oc2cc(OC(=O)C3CC3)ccc21. The Morgan fingerprint density at radius 2 is 2.04 bits per heavy atom. The van der Waals surface area contributed by atoms with Crippen LogP contribution in [0.1, 0.15) is 28.8 Å². The summed E-state index contributed by atoms with van der Waals surface area (Å²) in [5, 5.41) is 10.9. The maximum Gasteiger partial charge on any atom is 0.314 e. The zero-order valence-electron chi connectivity index (χ0n) is 13.5. The maximum atomic E-state index is 12.4. The number of allylic oxidation sites excluding steroid dienone is 1. The number of carbonyl (C=O) groups is 2. The van der Waals surface area contributed by atoms with Gasteiger partial charge in [-0.15, -0.1) is 0 Å². The number of hydrogen-bond donors (Lipinski definition) is 0. The van der Waals surface area contributed by atoms with Crippen molar-refractivity contribution in [3.05, 3.63) is 69.5 Å². The first-order chi connectivity index (χ1) is 12.5. The minimum atomic E-state index is -0.505. The summed E-state index contributed by atoms with van der Waals surface area (Å²) in [6.45, 7) is 0. The fourth-order valence-corrected chi connectivity index (χ4v) is 2.63. The second-order valence-corrected chi connectivity index (χ2v) is 6.15. The lowest BCUT2D eigenvalue weighted by molar-refractivity contribution is -0.384. The van der Waals surface area contributed by atoms with Crippen LogP contribution in [0.4, 0.5) is 5.69 Å². The average molecular weight is 351 g/mol. The van der Waals surface area contributed by atoms with Gasteiger partial charge in [-0.25, -0.2) is 0 Å². The van der Waals surface area contributed by atoms with Gasteiger partial charge in [0.15, 0.2) is 5.76 Å². The Bertz CT molecular complexity index is 974. The first kappa shape index (κ1) is 16.0. The van der Waals surface area contributed by atoms with Crippen LogP contribution in [0.2, 0.25) is 0 Å². The van der Waals surface area contributed by atoms with Crippen LogP contribution in [0.3, 0.4) is 0 Å². The Labute approximate surface area is 148 Å². The third-order valence-corrected chi connectivity index (χ3v) is 4.15. The molecule has 7 nitrogen and oxygen atoms in total. The predicted molar refractivity (Wildman–Crippen MR) is 90.8 cm³/mol. The second-order valence-electron chi connectivity index (χ2n) is 6.15. The number of nitro groups is 1. The van der Waals surface area contributed by atoms with Crippen molar-refractivity contribution >= 4 is 23.5 Å². The van der Waals surface area contributed by atoms with Crippen LogP contribution in [0, 0.1) is 16.0 Å². The molecule has 0 spiro atoms. The van der Waals surface area contributed by atoms with E-state index in [0.29, 0.717) is 22.6 Å². The number of ether oxygens (including phenoxy) is 2. The fraction of sp³-hybridized carbons (Fsp3) is 0.158. The van der Waals surface area contributed by atoms with Crippen LogP contribution in [-0.4, -0.2) is 16.7 Å². The molecular formula is C19H13NO6. The molecular weight excluding hydrogens is 338 g/mol. The summed E-state index contributed by atoms with van der Waals surface area (Å²) in [5.74, 6) is 0.0485. The van der Waals surface area contributed by atoms with Crippen molar-refractivity contribution < 1.29 is 24.0 Å². The number of hydrogen-bond acceptors (Lipinski definition) is 6. The van der Waals surface area contributed by atoms with Crippen molar-refractivity contribution in [1.82, 2.24) is 0 Å². The fourth-order valence-electron chi connectivity index (χ4n) is 2.63. The van der Waals surface area contributed by atoms with E-state index in [1.54, 1.807) is 18.2 Å². The summed E-state index contributed by atoms with van der Waals surface area (Å²) < 4.78 is 10.8. The molecule has 0 atom stereocenters. The predicted octanol–water partition coefficient (Wildman–Crippen LogP) is 3.53. The highest BCUT2D eigenvalue weighted by Gasteiger charge is 2.32. The zero-order valence-corrected chi connectivity index (χ0v) is 13.5. The van der Waals surface area contributed by atoms with Crippen molar-refractivity contribution in [3.63, 3.8) is 0 Å². The normalized spacial score (nSPS) is 16.9. The molecule has 7 heteroatoms. The number of fused-ring (bicyclic) bond motifs is 1. The molecule has 0 unspecified atom stereocenters. The van der Waals surface area contributed by atoms with Gasteiger partial charge in [0.05, 0.1) is 16.4 Å². The summed E-state index contributed by atoms with van der Waals surface area (Å²) in [6.07, 6.45) is 3.13. The van der Waals surface area contributed by atoms with Gasteiger partial charge < -0.3 is 9.47 Å². The molecule has 1 saturated carbocycles. The zero-order chi connectivity index (χ0) is 18.3. The monoisotopic (exact) mass is 351 g/mol. The van der Waals surface area contributed by atoms with Gasteiger partial charge in [-0.2, -0.15) is 0 Å². The molecule has 2 aromatic rings. The molecule has 0 N–H and O–H groups in total. The molecule has 26 heavy (non-hydrogen) atoms. The van der Waals surface area contributed by atoms with Crippen LogP contribution in [0.5, 0.6) is 11.5 Å². The molecule has 1 heterocycles. The standard InChI is InChI=1S/C19H13NO6/c21-18-15-7-6-14(25-19(22)12-4-5-12)10-16(15)26-17(18)9-11-2-1-3-13(8-11)20(23)24/h1-3,6-10,12H,4-5H2/b17-9+. The minimum absolute atomic E-state index is 0.0323. The van der Waals surface area contributed by atoms with Gasteiger partial charge in [0, 0.05) is 18.2 Å². The van der Waals surface area contributed by atoms with E-state index < -0.39 is 4.92 Å². The molecule has 2 aromatic carbocycles. The molecule has 0 radical (unpaired) electrons. The van der Waals surface area contributed by atoms with E-state index >= 15 is 0 Å². The van der Waals surface area contributed by atoms with Gasteiger partial charge in [-0.1, -0.05) is 12.1 Å². The van der Waals surface area contributed by atoms with Crippen molar-refractivity contribution in [2.75, 3.05) is 0 Å². The van der Waals surface area contributed by atoms with Crippen molar-refractivity contribution in [3.8, 4) is 11.5 Å². The van der Waals surface area contributed by atoms with E-state index in [-0.39, 0.29) is 29.1 Å². The van der Waals surface area contributed by atoms with E-state index in [1.807, 2.05) is 0 Å². The number of rotatable bonds is 4. The first-order valence-electron chi connectivity index (χ1n) is 8.06. The highest BCUT2D eigenvalue weighted by atomic mass is 16.6. The van der Waals surface area contributed by atoms with Crippen molar-refractivity contribution in [1.29, 1.82) is 0 Å². The van der Waals surface area contributed by atoms with E-state index in [4.69, 9.17) is 9.47 Å². The molecule has 0 bridgehead atoms. The molecule has 4 rings (SSSR count). The van der Waals surface area contributed by atoms with E-state index in [2.05, 4.69) is 0 Å². The van der Waals surface area contributed by atoms with Crippen LogP contribution in [-0.2, 0) is 4.79 Å². The number of ketones is 1. The second kappa shape index (κ2) is 6.11. The van der Waals surface area contributed by atoms with E-state index in [1.165, 1.54) is 30.3 Å². The minimum Gasteiger partial charge on any atom is -0.452 e. The number of carbonyl (C=O) groups excluding carboxylic acids is 2. The topological polar surface area (TPSA) is 95.7 Å². The van der Waals surface area contributed by atoms with E-state index in [0.717, 1.165) is 12.8 Å². The molecule has 0 saturated heterocycles. The van der Waals surface area contributed by atoms with Crippen LogP contribution >= 0.6 is 0 Å². The average Bonchev–Trinajstić information content (AvgIpc) is 3.42. The Hall–Kier alpha value is -3.48. The quantitative estimate of drug-likeness (QED) is 0.275. The molecule has 2 aliphatic rings. The highest BCUT2D eigenvalue weighted by Crippen LogP contribution is 2.36. The maximum absolute atomic E-state index is 12.4. The van der Waals surface area contributed by atoms with Crippen LogP contribution in [0.15, 0.2) is 48.2 Å². The first-order valence-corrected chi connectivity index (χ1v) is 8.06. The number of nitrogens with zero attached hydrogens (tertiary/aromatic N) is 1. The molecule has 1 fully saturated rings.